The molecule has 2 aromatic rings. The van der Waals surface area contributed by atoms with Crippen molar-refractivity contribution in [2.75, 3.05) is 27.2 Å². The molecule has 1 aromatic carbocycles. The second kappa shape index (κ2) is 7.99. The minimum Gasteiger partial charge on any atom is -0.341 e. The molecule has 1 aromatic heterocycles. The summed E-state index contributed by atoms with van der Waals surface area (Å²) >= 11 is 0. The summed E-state index contributed by atoms with van der Waals surface area (Å²) < 4.78 is 5.23. The van der Waals surface area contributed by atoms with Crippen LogP contribution in [0.3, 0.4) is 0 Å². The second-order valence-electron chi connectivity index (χ2n) is 7.49. The van der Waals surface area contributed by atoms with E-state index < -0.39 is 0 Å². The summed E-state index contributed by atoms with van der Waals surface area (Å²) in [5.74, 6) is 2.07. The maximum absolute atomic E-state index is 13.2. The number of rotatable bonds is 5. The van der Waals surface area contributed by atoms with Crippen molar-refractivity contribution < 1.29 is 9.32 Å². The Morgan fingerprint density at radius 2 is 2.04 bits per heavy atom. The predicted octanol–water partition coefficient (Wildman–Crippen LogP) is 2.77. The van der Waals surface area contributed by atoms with Crippen LogP contribution in [0.2, 0.25) is 0 Å². The van der Waals surface area contributed by atoms with Crippen LogP contribution in [0.15, 0.2) is 28.8 Å². The first kappa shape index (κ1) is 18.6. The number of aromatic nitrogens is 2. The Kier molecular flexibility index (Phi) is 5.71. The Labute approximate surface area is 155 Å². The standard InChI is InChI=1S/C20H28N4O2/c1-14-6-5-7-17(12-14)19(23(3)4)20(25)24-10-8-16(9-11-24)13-18-21-15(2)22-26-18/h5-7,12,16,19H,8-11,13H2,1-4H3/t19-/m1/s1. The lowest BCUT2D eigenvalue weighted by molar-refractivity contribution is -0.137. The first-order chi connectivity index (χ1) is 12.4. The van der Waals surface area contributed by atoms with Crippen molar-refractivity contribution in [1.82, 2.24) is 19.9 Å². The summed E-state index contributed by atoms with van der Waals surface area (Å²) in [6.07, 6.45) is 2.75. The Morgan fingerprint density at radius 1 is 1.31 bits per heavy atom. The fourth-order valence-corrected chi connectivity index (χ4v) is 3.70. The van der Waals surface area contributed by atoms with Gasteiger partial charge in [0.1, 0.15) is 6.04 Å². The number of nitrogens with zero attached hydrogens (tertiary/aromatic N) is 4. The van der Waals surface area contributed by atoms with Crippen molar-refractivity contribution in [3.8, 4) is 0 Å². The fraction of sp³-hybridized carbons (Fsp3) is 0.550. The number of amides is 1. The highest BCUT2D eigenvalue weighted by molar-refractivity contribution is 5.83. The topological polar surface area (TPSA) is 62.5 Å². The van der Waals surface area contributed by atoms with Gasteiger partial charge in [-0.1, -0.05) is 35.0 Å². The van der Waals surface area contributed by atoms with Gasteiger partial charge in [-0.25, -0.2) is 0 Å². The van der Waals surface area contributed by atoms with Crippen LogP contribution in [0.1, 0.15) is 41.7 Å². The Hall–Kier alpha value is -2.21. The van der Waals surface area contributed by atoms with Gasteiger partial charge in [-0.2, -0.15) is 4.98 Å². The van der Waals surface area contributed by atoms with Gasteiger partial charge in [0, 0.05) is 19.5 Å². The summed E-state index contributed by atoms with van der Waals surface area (Å²) in [5, 5.41) is 3.85. The molecule has 0 spiro atoms. The normalized spacial score (nSPS) is 16.9. The van der Waals surface area contributed by atoms with Crippen LogP contribution in [-0.4, -0.2) is 53.0 Å². The monoisotopic (exact) mass is 356 g/mol. The maximum atomic E-state index is 13.2. The molecule has 0 bridgehead atoms. The number of likely N-dealkylation sites (tertiary alicyclic amines) is 1. The van der Waals surface area contributed by atoms with Crippen LogP contribution in [0.5, 0.6) is 0 Å². The smallest absolute Gasteiger partial charge is 0.244 e. The first-order valence-electron chi connectivity index (χ1n) is 9.25. The molecule has 1 amide bonds. The van der Waals surface area contributed by atoms with E-state index in [4.69, 9.17) is 4.52 Å². The lowest BCUT2D eigenvalue weighted by Gasteiger charge is -2.35. The van der Waals surface area contributed by atoms with E-state index in [9.17, 15) is 4.79 Å². The van der Waals surface area contributed by atoms with Crippen LogP contribution in [0, 0.1) is 19.8 Å². The summed E-state index contributed by atoms with van der Waals surface area (Å²) in [6.45, 7) is 5.46. The number of piperidine rings is 1. The molecule has 0 aliphatic carbocycles. The van der Waals surface area contributed by atoms with E-state index in [0.717, 1.165) is 37.9 Å². The zero-order valence-electron chi connectivity index (χ0n) is 16.1. The molecule has 140 valence electrons. The Morgan fingerprint density at radius 3 is 2.62 bits per heavy atom. The highest BCUT2D eigenvalue weighted by atomic mass is 16.5. The maximum Gasteiger partial charge on any atom is 0.244 e. The number of hydrogen-bond donors (Lipinski definition) is 0. The minimum atomic E-state index is -0.231. The number of carbonyl (C=O) groups excluding carboxylic acids is 1. The van der Waals surface area contributed by atoms with Crippen LogP contribution >= 0.6 is 0 Å². The van der Waals surface area contributed by atoms with Crippen molar-refractivity contribution in [3.63, 3.8) is 0 Å². The molecule has 2 heterocycles. The third-order valence-corrected chi connectivity index (χ3v) is 5.07. The van der Waals surface area contributed by atoms with Gasteiger partial charge >= 0.3 is 0 Å². The zero-order chi connectivity index (χ0) is 18.7. The molecular formula is C20H28N4O2. The van der Waals surface area contributed by atoms with Crippen LogP contribution in [0.4, 0.5) is 0 Å². The molecule has 6 heteroatoms. The van der Waals surface area contributed by atoms with Crippen molar-refractivity contribution >= 4 is 5.91 Å². The van der Waals surface area contributed by atoms with Gasteiger partial charge < -0.3 is 9.42 Å². The average Bonchev–Trinajstić information content (AvgIpc) is 3.00. The number of hydrogen-bond acceptors (Lipinski definition) is 5. The third kappa shape index (κ3) is 4.30. The first-order valence-corrected chi connectivity index (χ1v) is 9.25. The molecule has 3 rings (SSSR count). The number of likely N-dealkylation sites (N-methyl/N-ethyl adjacent to an activating group) is 1. The molecule has 1 aliphatic heterocycles. The third-order valence-electron chi connectivity index (χ3n) is 5.07. The van der Waals surface area contributed by atoms with Gasteiger partial charge in [0.05, 0.1) is 0 Å². The van der Waals surface area contributed by atoms with E-state index in [1.165, 1.54) is 5.56 Å². The molecule has 0 unspecified atom stereocenters. The molecule has 0 N–H and O–H groups in total. The van der Waals surface area contributed by atoms with E-state index >= 15 is 0 Å². The highest BCUT2D eigenvalue weighted by Crippen LogP contribution is 2.26. The Bertz CT molecular complexity index is 748. The van der Waals surface area contributed by atoms with Gasteiger partial charge in [-0.05, 0) is 52.3 Å². The summed E-state index contributed by atoms with van der Waals surface area (Å²) in [5.41, 5.74) is 2.24. The minimum absolute atomic E-state index is 0.188. The lowest BCUT2D eigenvalue weighted by atomic mass is 9.92. The molecule has 1 saturated heterocycles. The van der Waals surface area contributed by atoms with Crippen molar-refractivity contribution in [1.29, 1.82) is 0 Å². The highest BCUT2D eigenvalue weighted by Gasteiger charge is 2.31. The molecule has 26 heavy (non-hydrogen) atoms. The van der Waals surface area contributed by atoms with Crippen molar-refractivity contribution in [3.05, 3.63) is 47.1 Å². The number of benzene rings is 1. The van der Waals surface area contributed by atoms with E-state index in [-0.39, 0.29) is 11.9 Å². The van der Waals surface area contributed by atoms with Crippen molar-refractivity contribution in [2.24, 2.45) is 5.92 Å². The molecule has 1 fully saturated rings. The SMILES string of the molecule is Cc1cccc([C@H](C(=O)N2CCC(Cc3nc(C)no3)CC2)N(C)C)c1. The number of carbonyl (C=O) groups is 1. The van der Waals surface area contributed by atoms with E-state index in [1.54, 1.807) is 0 Å². The van der Waals surface area contributed by atoms with E-state index in [1.807, 2.05) is 43.0 Å². The summed E-state index contributed by atoms with van der Waals surface area (Å²) in [6, 6.07) is 8.00. The summed E-state index contributed by atoms with van der Waals surface area (Å²) in [4.78, 5) is 21.5. The van der Waals surface area contributed by atoms with Crippen LogP contribution < -0.4 is 0 Å². The van der Waals surface area contributed by atoms with Gasteiger partial charge in [-0.15, -0.1) is 0 Å². The van der Waals surface area contributed by atoms with Gasteiger partial charge in [0.15, 0.2) is 5.82 Å². The Balaban J connectivity index is 1.62. The average molecular weight is 356 g/mol. The molecule has 1 atom stereocenters. The van der Waals surface area contributed by atoms with Crippen LogP contribution in [0.25, 0.3) is 0 Å². The van der Waals surface area contributed by atoms with Gasteiger partial charge in [0.25, 0.3) is 0 Å². The molecule has 1 aliphatic rings. The fourth-order valence-electron chi connectivity index (χ4n) is 3.70. The largest absolute Gasteiger partial charge is 0.341 e. The summed E-state index contributed by atoms with van der Waals surface area (Å²) in [7, 11) is 3.94. The molecule has 0 radical (unpaired) electrons. The quantitative estimate of drug-likeness (QED) is 0.824. The van der Waals surface area contributed by atoms with Crippen molar-refractivity contribution in [2.45, 2.75) is 39.2 Å². The zero-order valence-corrected chi connectivity index (χ0v) is 16.1. The van der Waals surface area contributed by atoms with Gasteiger partial charge in [-0.3, -0.25) is 9.69 Å². The number of aryl methyl sites for hydroxylation is 2. The molecule has 6 nitrogen and oxygen atoms in total. The van der Waals surface area contributed by atoms with Gasteiger partial charge in [0.2, 0.25) is 11.8 Å². The van der Waals surface area contributed by atoms with E-state index in [0.29, 0.717) is 17.6 Å². The van der Waals surface area contributed by atoms with E-state index in [2.05, 4.69) is 29.2 Å². The lowest BCUT2D eigenvalue weighted by Crippen LogP contribution is -2.44. The molecule has 0 saturated carbocycles. The predicted molar refractivity (Wildman–Crippen MR) is 99.7 cm³/mol. The van der Waals surface area contributed by atoms with Crippen LogP contribution in [-0.2, 0) is 11.2 Å². The molecular weight excluding hydrogens is 328 g/mol. The second-order valence-corrected chi connectivity index (χ2v) is 7.49.